The molecule has 0 bridgehead atoms. The minimum absolute atomic E-state index is 0.513. The van der Waals surface area contributed by atoms with Crippen LogP contribution in [-0.4, -0.2) is 25.8 Å². The van der Waals surface area contributed by atoms with Gasteiger partial charge in [0, 0.05) is 0 Å². The molecular weight excluding hydrogens is 150 g/mol. The predicted octanol–water partition coefficient (Wildman–Crippen LogP) is 1.94. The summed E-state index contributed by atoms with van der Waals surface area (Å²) in [5.41, 5.74) is 0. The Morgan fingerprint density at radius 2 is 2.17 bits per heavy atom. The van der Waals surface area contributed by atoms with Crippen molar-refractivity contribution in [3.63, 3.8) is 0 Å². The average molecular weight is 171 g/mol. The van der Waals surface area contributed by atoms with Gasteiger partial charge in [0.05, 0.1) is 12.2 Å². The highest BCUT2D eigenvalue weighted by Crippen LogP contribution is 2.22. The molecule has 0 aromatic rings. The molecule has 0 aromatic heterocycles. The fourth-order valence-corrected chi connectivity index (χ4v) is 1.77. The Morgan fingerprint density at radius 3 is 2.75 bits per heavy atom. The number of rotatable bonds is 5. The van der Waals surface area contributed by atoms with Gasteiger partial charge in [-0.15, -0.1) is 0 Å². The summed E-state index contributed by atoms with van der Waals surface area (Å²) in [5, 5.41) is 3.16. The number of nitrogens with one attached hydrogen (secondary N) is 1. The van der Waals surface area contributed by atoms with Crippen molar-refractivity contribution in [2.75, 3.05) is 13.6 Å². The molecule has 72 valence electrons. The van der Waals surface area contributed by atoms with E-state index in [2.05, 4.69) is 12.2 Å². The summed E-state index contributed by atoms with van der Waals surface area (Å²) in [5.74, 6) is 0. The molecule has 1 heterocycles. The molecule has 2 nitrogen and oxygen atoms in total. The van der Waals surface area contributed by atoms with Gasteiger partial charge in [-0.05, 0) is 52.6 Å². The molecule has 0 aliphatic carbocycles. The van der Waals surface area contributed by atoms with E-state index in [1.165, 1.54) is 32.1 Å². The Balaban J connectivity index is 1.93. The van der Waals surface area contributed by atoms with Crippen LogP contribution in [0.4, 0.5) is 0 Å². The maximum Gasteiger partial charge on any atom is 0.0579 e. The summed E-state index contributed by atoms with van der Waals surface area (Å²) in [4.78, 5) is 0. The van der Waals surface area contributed by atoms with Crippen LogP contribution in [0.3, 0.4) is 0 Å². The van der Waals surface area contributed by atoms with Gasteiger partial charge in [0.2, 0.25) is 0 Å². The fraction of sp³-hybridized carbons (Fsp3) is 1.00. The zero-order valence-corrected chi connectivity index (χ0v) is 8.31. The molecule has 0 saturated carbocycles. The summed E-state index contributed by atoms with van der Waals surface area (Å²) in [6, 6.07) is 0. The molecule has 2 unspecified atom stereocenters. The Kier molecular flexibility index (Phi) is 4.62. The molecule has 1 aliphatic heterocycles. The quantitative estimate of drug-likeness (QED) is 0.638. The second-order valence-corrected chi connectivity index (χ2v) is 3.75. The molecule has 0 aromatic carbocycles. The van der Waals surface area contributed by atoms with Crippen LogP contribution < -0.4 is 5.32 Å². The van der Waals surface area contributed by atoms with Gasteiger partial charge in [0.15, 0.2) is 0 Å². The van der Waals surface area contributed by atoms with Gasteiger partial charge in [-0.2, -0.15) is 0 Å². The van der Waals surface area contributed by atoms with E-state index >= 15 is 0 Å². The molecule has 2 atom stereocenters. The van der Waals surface area contributed by atoms with Crippen molar-refractivity contribution < 1.29 is 4.74 Å². The summed E-state index contributed by atoms with van der Waals surface area (Å²) in [7, 11) is 2.01. The predicted molar refractivity (Wildman–Crippen MR) is 51.3 cm³/mol. The first-order valence-electron chi connectivity index (χ1n) is 5.13. The zero-order valence-electron chi connectivity index (χ0n) is 8.31. The van der Waals surface area contributed by atoms with Crippen LogP contribution in [0.1, 0.15) is 39.0 Å². The number of unbranched alkanes of at least 4 members (excludes halogenated alkanes) is 1. The van der Waals surface area contributed by atoms with Crippen LogP contribution in [0.2, 0.25) is 0 Å². The lowest BCUT2D eigenvalue weighted by molar-refractivity contribution is 0.0496. The Morgan fingerprint density at radius 1 is 1.33 bits per heavy atom. The van der Waals surface area contributed by atoms with E-state index in [0.717, 1.165) is 6.54 Å². The first kappa shape index (κ1) is 10.0. The molecule has 0 radical (unpaired) electrons. The number of hydrogen-bond donors (Lipinski definition) is 1. The second kappa shape index (κ2) is 5.55. The monoisotopic (exact) mass is 171 g/mol. The highest BCUT2D eigenvalue weighted by molar-refractivity contribution is 4.70. The van der Waals surface area contributed by atoms with Crippen molar-refractivity contribution in [2.45, 2.75) is 51.2 Å². The minimum Gasteiger partial charge on any atom is -0.375 e. The third-order valence-electron chi connectivity index (χ3n) is 2.52. The molecule has 0 amide bonds. The molecule has 1 rings (SSSR count). The van der Waals surface area contributed by atoms with E-state index in [4.69, 9.17) is 4.74 Å². The van der Waals surface area contributed by atoms with E-state index in [1.807, 2.05) is 7.05 Å². The third-order valence-corrected chi connectivity index (χ3v) is 2.52. The average Bonchev–Trinajstić information content (AvgIpc) is 2.45. The van der Waals surface area contributed by atoms with Crippen LogP contribution in [0, 0.1) is 0 Å². The molecule has 1 saturated heterocycles. The van der Waals surface area contributed by atoms with E-state index in [9.17, 15) is 0 Å². The number of hydrogen-bond acceptors (Lipinski definition) is 2. The van der Waals surface area contributed by atoms with Gasteiger partial charge in [0.1, 0.15) is 0 Å². The summed E-state index contributed by atoms with van der Waals surface area (Å²) < 4.78 is 5.72. The molecule has 12 heavy (non-hydrogen) atoms. The Labute approximate surface area is 75.7 Å². The lowest BCUT2D eigenvalue weighted by Gasteiger charge is -2.10. The SMILES string of the molecule is CNCCCCC1CCC(C)O1. The Hall–Kier alpha value is -0.0800. The Bertz CT molecular complexity index is 116. The lowest BCUT2D eigenvalue weighted by atomic mass is 10.1. The van der Waals surface area contributed by atoms with E-state index in [1.54, 1.807) is 0 Å². The van der Waals surface area contributed by atoms with Crippen LogP contribution in [0.5, 0.6) is 0 Å². The van der Waals surface area contributed by atoms with Crippen molar-refractivity contribution in [3.05, 3.63) is 0 Å². The van der Waals surface area contributed by atoms with Crippen LogP contribution in [0.15, 0.2) is 0 Å². The van der Waals surface area contributed by atoms with Crippen LogP contribution >= 0.6 is 0 Å². The standard InChI is InChI=1S/C10H21NO/c1-9-6-7-10(12-9)5-3-4-8-11-2/h9-11H,3-8H2,1-2H3. The first-order chi connectivity index (χ1) is 5.83. The fourth-order valence-electron chi connectivity index (χ4n) is 1.77. The first-order valence-corrected chi connectivity index (χ1v) is 5.13. The normalized spacial score (nSPS) is 29.5. The van der Waals surface area contributed by atoms with Crippen LogP contribution in [0.25, 0.3) is 0 Å². The maximum absolute atomic E-state index is 5.72. The van der Waals surface area contributed by atoms with Crippen molar-refractivity contribution in [1.82, 2.24) is 5.32 Å². The van der Waals surface area contributed by atoms with E-state index < -0.39 is 0 Å². The van der Waals surface area contributed by atoms with Crippen molar-refractivity contribution in [3.8, 4) is 0 Å². The van der Waals surface area contributed by atoms with Crippen molar-refractivity contribution in [1.29, 1.82) is 0 Å². The van der Waals surface area contributed by atoms with Crippen molar-refractivity contribution in [2.24, 2.45) is 0 Å². The largest absolute Gasteiger partial charge is 0.375 e. The van der Waals surface area contributed by atoms with Crippen molar-refractivity contribution >= 4 is 0 Å². The van der Waals surface area contributed by atoms with E-state index in [-0.39, 0.29) is 0 Å². The highest BCUT2D eigenvalue weighted by Gasteiger charge is 2.20. The molecule has 1 fully saturated rings. The van der Waals surface area contributed by atoms with Gasteiger partial charge >= 0.3 is 0 Å². The van der Waals surface area contributed by atoms with Gasteiger partial charge in [-0.1, -0.05) is 0 Å². The van der Waals surface area contributed by atoms with Gasteiger partial charge in [-0.25, -0.2) is 0 Å². The third kappa shape index (κ3) is 3.55. The van der Waals surface area contributed by atoms with Gasteiger partial charge < -0.3 is 10.1 Å². The second-order valence-electron chi connectivity index (χ2n) is 3.75. The molecule has 2 heteroatoms. The summed E-state index contributed by atoms with van der Waals surface area (Å²) in [6.45, 7) is 3.32. The topological polar surface area (TPSA) is 21.3 Å². The van der Waals surface area contributed by atoms with Gasteiger partial charge in [-0.3, -0.25) is 0 Å². The molecular formula is C10H21NO. The summed E-state index contributed by atoms with van der Waals surface area (Å²) in [6.07, 6.45) is 7.46. The number of ether oxygens (including phenoxy) is 1. The molecule has 1 N–H and O–H groups in total. The molecule has 1 aliphatic rings. The lowest BCUT2D eigenvalue weighted by Crippen LogP contribution is -2.11. The summed E-state index contributed by atoms with van der Waals surface area (Å²) >= 11 is 0. The van der Waals surface area contributed by atoms with E-state index in [0.29, 0.717) is 12.2 Å². The van der Waals surface area contributed by atoms with Crippen LogP contribution in [-0.2, 0) is 4.74 Å². The minimum atomic E-state index is 0.513. The smallest absolute Gasteiger partial charge is 0.0579 e. The zero-order chi connectivity index (χ0) is 8.81. The highest BCUT2D eigenvalue weighted by atomic mass is 16.5. The van der Waals surface area contributed by atoms with Gasteiger partial charge in [0.25, 0.3) is 0 Å². The molecule has 0 spiro atoms. The maximum atomic E-state index is 5.72.